The number of hydrogen-bond acceptors (Lipinski definition) is 3. The smallest absolute Gasteiger partial charge is 0.0922 e. The van der Waals surface area contributed by atoms with E-state index in [0.717, 1.165) is 36.9 Å². The second kappa shape index (κ2) is 6.56. The number of likely N-dealkylation sites (N-methyl/N-ethyl adjacent to an activating group) is 1. The Bertz CT molecular complexity index is 587. The molecule has 1 N–H and O–H groups in total. The van der Waals surface area contributed by atoms with Gasteiger partial charge < -0.3 is 14.7 Å². The summed E-state index contributed by atoms with van der Waals surface area (Å²) in [6.45, 7) is 2.40. The summed E-state index contributed by atoms with van der Waals surface area (Å²) in [7, 11) is 2.05. The zero-order valence-electron chi connectivity index (χ0n) is 12.5. The number of aliphatic hydroxyl groups is 1. The molecule has 21 heavy (non-hydrogen) atoms. The van der Waals surface area contributed by atoms with E-state index in [1.165, 1.54) is 5.39 Å². The van der Waals surface area contributed by atoms with Crippen LogP contribution in [0.2, 0.25) is 0 Å². The van der Waals surface area contributed by atoms with Gasteiger partial charge in [0.15, 0.2) is 0 Å². The van der Waals surface area contributed by atoms with Crippen LogP contribution in [0.3, 0.4) is 0 Å². The molecule has 3 nitrogen and oxygen atoms in total. The van der Waals surface area contributed by atoms with E-state index in [9.17, 15) is 5.11 Å². The van der Waals surface area contributed by atoms with Gasteiger partial charge in [0.05, 0.1) is 12.2 Å². The molecule has 0 aromatic heterocycles. The molecule has 3 heteroatoms. The third-order valence-corrected chi connectivity index (χ3v) is 4.21. The highest BCUT2D eigenvalue weighted by Gasteiger charge is 2.19. The number of ether oxygens (including phenoxy) is 1. The summed E-state index contributed by atoms with van der Waals surface area (Å²) in [6, 6.07) is 14.3. The summed E-state index contributed by atoms with van der Waals surface area (Å²) in [6.07, 6.45) is 2.15. The first-order valence-electron chi connectivity index (χ1n) is 7.70. The maximum absolute atomic E-state index is 10.6. The van der Waals surface area contributed by atoms with Gasteiger partial charge in [-0.15, -0.1) is 0 Å². The quantitative estimate of drug-likeness (QED) is 0.916. The number of benzene rings is 2. The third kappa shape index (κ3) is 3.43. The van der Waals surface area contributed by atoms with Gasteiger partial charge in [-0.3, -0.25) is 0 Å². The van der Waals surface area contributed by atoms with Gasteiger partial charge in [0.2, 0.25) is 0 Å². The molecule has 1 fully saturated rings. The van der Waals surface area contributed by atoms with Gasteiger partial charge in [0, 0.05) is 19.7 Å². The van der Waals surface area contributed by atoms with Crippen LogP contribution in [0.5, 0.6) is 0 Å². The van der Waals surface area contributed by atoms with Crippen molar-refractivity contribution in [3.8, 4) is 0 Å². The van der Waals surface area contributed by atoms with Gasteiger partial charge in [0.25, 0.3) is 0 Å². The minimum atomic E-state index is -0.470. The van der Waals surface area contributed by atoms with Gasteiger partial charge in [0.1, 0.15) is 0 Å². The van der Waals surface area contributed by atoms with Crippen molar-refractivity contribution in [3.63, 3.8) is 0 Å². The van der Waals surface area contributed by atoms with Gasteiger partial charge >= 0.3 is 0 Å². The number of rotatable bonds is 5. The van der Waals surface area contributed by atoms with Crippen LogP contribution in [-0.2, 0) is 4.74 Å². The summed E-state index contributed by atoms with van der Waals surface area (Å²) in [5, 5.41) is 12.9. The summed E-state index contributed by atoms with van der Waals surface area (Å²) in [4.78, 5) is 2.17. The van der Waals surface area contributed by atoms with Crippen LogP contribution < -0.4 is 0 Å². The van der Waals surface area contributed by atoms with E-state index in [4.69, 9.17) is 4.74 Å². The highest BCUT2D eigenvalue weighted by Crippen LogP contribution is 2.25. The van der Waals surface area contributed by atoms with Crippen LogP contribution in [0.4, 0.5) is 0 Å². The van der Waals surface area contributed by atoms with Gasteiger partial charge in [-0.25, -0.2) is 0 Å². The molecule has 1 saturated heterocycles. The van der Waals surface area contributed by atoms with Gasteiger partial charge in [-0.2, -0.15) is 0 Å². The molecular weight excluding hydrogens is 262 g/mol. The Kier molecular flexibility index (Phi) is 4.54. The zero-order valence-corrected chi connectivity index (χ0v) is 12.5. The number of aliphatic hydroxyl groups excluding tert-OH is 1. The molecule has 2 aromatic carbocycles. The van der Waals surface area contributed by atoms with Crippen molar-refractivity contribution in [2.24, 2.45) is 0 Å². The summed E-state index contributed by atoms with van der Waals surface area (Å²) in [5.74, 6) is 0. The van der Waals surface area contributed by atoms with Crippen LogP contribution in [0.1, 0.15) is 24.5 Å². The van der Waals surface area contributed by atoms with E-state index >= 15 is 0 Å². The molecule has 0 aliphatic carbocycles. The predicted octanol–water partition coefficient (Wildman–Crippen LogP) is 2.98. The lowest BCUT2D eigenvalue weighted by atomic mass is 10.00. The SMILES string of the molecule is CN(CC1CCCO1)CC(O)c1cccc2ccccc12. The zero-order chi connectivity index (χ0) is 14.7. The van der Waals surface area contributed by atoms with Crippen molar-refractivity contribution >= 4 is 10.8 Å². The van der Waals surface area contributed by atoms with E-state index in [0.29, 0.717) is 12.6 Å². The molecule has 0 amide bonds. The Morgan fingerprint density at radius 3 is 2.86 bits per heavy atom. The molecule has 1 aliphatic heterocycles. The van der Waals surface area contributed by atoms with Crippen LogP contribution in [0, 0.1) is 0 Å². The van der Waals surface area contributed by atoms with Gasteiger partial charge in [-0.1, -0.05) is 42.5 Å². The maximum atomic E-state index is 10.6. The van der Waals surface area contributed by atoms with Crippen molar-refractivity contribution < 1.29 is 9.84 Å². The molecule has 2 unspecified atom stereocenters. The van der Waals surface area contributed by atoms with Crippen LogP contribution in [0.15, 0.2) is 42.5 Å². The molecule has 3 rings (SSSR count). The molecule has 2 aromatic rings. The van der Waals surface area contributed by atoms with E-state index in [-0.39, 0.29) is 0 Å². The van der Waals surface area contributed by atoms with Crippen LogP contribution >= 0.6 is 0 Å². The Labute approximate surface area is 126 Å². The first-order valence-corrected chi connectivity index (χ1v) is 7.70. The molecule has 1 heterocycles. The first-order chi connectivity index (χ1) is 10.2. The largest absolute Gasteiger partial charge is 0.387 e. The average Bonchev–Trinajstić information content (AvgIpc) is 2.99. The van der Waals surface area contributed by atoms with E-state index < -0.39 is 6.10 Å². The minimum absolute atomic E-state index is 0.328. The Hall–Kier alpha value is -1.42. The molecule has 1 aliphatic rings. The van der Waals surface area contributed by atoms with Crippen molar-refractivity contribution in [3.05, 3.63) is 48.0 Å². The highest BCUT2D eigenvalue weighted by atomic mass is 16.5. The Morgan fingerprint density at radius 2 is 2.05 bits per heavy atom. The molecule has 0 saturated carbocycles. The standard InChI is InChI=1S/C18H23NO2/c1-19(12-15-8-5-11-21-15)13-18(20)17-10-4-7-14-6-2-3-9-16(14)17/h2-4,6-7,9-10,15,18,20H,5,8,11-13H2,1H3. The third-order valence-electron chi connectivity index (χ3n) is 4.21. The molecule has 0 bridgehead atoms. The average molecular weight is 285 g/mol. The number of fused-ring (bicyclic) bond motifs is 1. The van der Waals surface area contributed by atoms with Gasteiger partial charge in [-0.05, 0) is 36.2 Å². The summed E-state index contributed by atoms with van der Waals surface area (Å²) in [5.41, 5.74) is 1.01. The monoisotopic (exact) mass is 285 g/mol. The predicted molar refractivity (Wildman–Crippen MR) is 85.4 cm³/mol. The molecule has 0 radical (unpaired) electrons. The number of hydrogen-bond donors (Lipinski definition) is 1. The van der Waals surface area contributed by atoms with Crippen molar-refractivity contribution in [2.75, 3.05) is 26.7 Å². The normalized spacial score (nSPS) is 20.2. The molecule has 0 spiro atoms. The number of nitrogens with zero attached hydrogens (tertiary/aromatic N) is 1. The lowest BCUT2D eigenvalue weighted by molar-refractivity contribution is 0.0605. The lowest BCUT2D eigenvalue weighted by Crippen LogP contribution is -2.32. The summed E-state index contributed by atoms with van der Waals surface area (Å²) < 4.78 is 5.66. The fourth-order valence-electron chi connectivity index (χ4n) is 3.15. The molecule has 2 atom stereocenters. The Morgan fingerprint density at radius 1 is 1.24 bits per heavy atom. The van der Waals surface area contributed by atoms with Crippen LogP contribution in [0.25, 0.3) is 10.8 Å². The fraction of sp³-hybridized carbons (Fsp3) is 0.444. The molecule has 112 valence electrons. The maximum Gasteiger partial charge on any atom is 0.0922 e. The van der Waals surface area contributed by atoms with E-state index in [1.807, 2.05) is 24.3 Å². The Balaban J connectivity index is 1.70. The first kappa shape index (κ1) is 14.5. The molecular formula is C18H23NO2. The lowest BCUT2D eigenvalue weighted by Gasteiger charge is -2.24. The van der Waals surface area contributed by atoms with E-state index in [1.54, 1.807) is 0 Å². The summed E-state index contributed by atoms with van der Waals surface area (Å²) >= 11 is 0. The van der Waals surface area contributed by atoms with Crippen molar-refractivity contribution in [1.29, 1.82) is 0 Å². The second-order valence-corrected chi connectivity index (χ2v) is 5.94. The second-order valence-electron chi connectivity index (χ2n) is 5.94. The topological polar surface area (TPSA) is 32.7 Å². The highest BCUT2D eigenvalue weighted by molar-refractivity contribution is 5.85. The fourth-order valence-corrected chi connectivity index (χ4v) is 3.15. The minimum Gasteiger partial charge on any atom is -0.387 e. The van der Waals surface area contributed by atoms with Crippen molar-refractivity contribution in [2.45, 2.75) is 25.0 Å². The van der Waals surface area contributed by atoms with E-state index in [2.05, 4.69) is 30.1 Å². The van der Waals surface area contributed by atoms with Crippen LogP contribution in [-0.4, -0.2) is 42.9 Å². The van der Waals surface area contributed by atoms with Crippen molar-refractivity contribution in [1.82, 2.24) is 4.90 Å².